The zero-order valence-corrected chi connectivity index (χ0v) is 15.0. The Morgan fingerprint density at radius 3 is 2.68 bits per heavy atom. The van der Waals surface area contributed by atoms with E-state index in [1.165, 1.54) is 5.56 Å². The fourth-order valence-electron chi connectivity index (χ4n) is 2.76. The molecule has 0 unspecified atom stereocenters. The van der Waals surface area contributed by atoms with E-state index in [4.69, 9.17) is 0 Å². The number of nitrogens with zero attached hydrogens (tertiary/aromatic N) is 6. The van der Waals surface area contributed by atoms with Crippen molar-refractivity contribution in [1.82, 2.24) is 35.3 Å². The normalized spacial score (nSPS) is 13.7. The van der Waals surface area contributed by atoms with Gasteiger partial charge < -0.3 is 5.32 Å². The minimum Gasteiger partial charge on any atom is -0.312 e. The Kier molecular flexibility index (Phi) is 5.55. The molecule has 0 saturated heterocycles. The van der Waals surface area contributed by atoms with Gasteiger partial charge in [0.15, 0.2) is 5.82 Å². The fourth-order valence-corrected chi connectivity index (χ4v) is 2.76. The summed E-state index contributed by atoms with van der Waals surface area (Å²) in [5, 5.41) is 20.0. The van der Waals surface area contributed by atoms with Gasteiger partial charge in [0, 0.05) is 18.7 Å². The average Bonchev–Trinajstić information content (AvgIpc) is 3.27. The van der Waals surface area contributed by atoms with Crippen LogP contribution in [0.4, 0.5) is 0 Å². The number of hydrogen-bond donors (Lipinski definition) is 1. The predicted molar refractivity (Wildman–Crippen MR) is 96.6 cm³/mol. The highest BCUT2D eigenvalue weighted by Gasteiger charge is 2.14. The van der Waals surface area contributed by atoms with Gasteiger partial charge in [0.1, 0.15) is 0 Å². The molecule has 7 nitrogen and oxygen atoms in total. The Bertz CT molecular complexity index is 778. The van der Waals surface area contributed by atoms with Crippen LogP contribution < -0.4 is 5.32 Å². The molecule has 3 rings (SSSR count). The molecular formula is C18H25N7. The molecule has 132 valence electrons. The molecule has 0 spiro atoms. The van der Waals surface area contributed by atoms with Gasteiger partial charge in [-0.05, 0) is 61.9 Å². The van der Waals surface area contributed by atoms with Crippen LogP contribution in [0.2, 0.25) is 0 Å². The van der Waals surface area contributed by atoms with Crippen LogP contribution in [0.15, 0.2) is 42.7 Å². The van der Waals surface area contributed by atoms with Crippen LogP contribution in [0, 0.1) is 6.92 Å². The van der Waals surface area contributed by atoms with Crippen LogP contribution in [0.1, 0.15) is 37.7 Å². The van der Waals surface area contributed by atoms with E-state index < -0.39 is 0 Å². The molecule has 0 radical (unpaired) electrons. The maximum atomic E-state index is 4.40. The van der Waals surface area contributed by atoms with Gasteiger partial charge in [0.05, 0.1) is 17.9 Å². The summed E-state index contributed by atoms with van der Waals surface area (Å²) in [5.41, 5.74) is 2.18. The van der Waals surface area contributed by atoms with E-state index in [9.17, 15) is 0 Å². The van der Waals surface area contributed by atoms with E-state index in [-0.39, 0.29) is 0 Å². The maximum Gasteiger partial charge on any atom is 0.156 e. The van der Waals surface area contributed by atoms with Crippen molar-refractivity contribution >= 4 is 0 Å². The van der Waals surface area contributed by atoms with Crippen molar-refractivity contribution in [1.29, 1.82) is 0 Å². The molecule has 3 aromatic rings. The molecule has 0 amide bonds. The number of benzene rings is 1. The highest BCUT2D eigenvalue weighted by molar-refractivity contribution is 5.30. The fraction of sp³-hybridized carbons (Fsp3) is 0.444. The highest BCUT2D eigenvalue weighted by atomic mass is 15.5. The molecule has 2 atom stereocenters. The Morgan fingerprint density at radius 1 is 1.16 bits per heavy atom. The van der Waals surface area contributed by atoms with Gasteiger partial charge in [-0.2, -0.15) is 9.78 Å². The lowest BCUT2D eigenvalue weighted by atomic mass is 10.1. The lowest BCUT2D eigenvalue weighted by molar-refractivity contribution is 0.364. The molecule has 7 heteroatoms. The largest absolute Gasteiger partial charge is 0.312 e. The van der Waals surface area contributed by atoms with Gasteiger partial charge in [-0.25, -0.2) is 0 Å². The topological polar surface area (TPSA) is 73.5 Å². The second-order valence-electron chi connectivity index (χ2n) is 6.43. The van der Waals surface area contributed by atoms with Crippen LogP contribution in [-0.4, -0.2) is 42.6 Å². The third-order valence-electron chi connectivity index (χ3n) is 4.45. The monoisotopic (exact) mass is 339 g/mol. The van der Waals surface area contributed by atoms with Gasteiger partial charge >= 0.3 is 0 Å². The minimum atomic E-state index is 0.309. The summed E-state index contributed by atoms with van der Waals surface area (Å²) in [5.74, 6) is 0.886. The standard InChI is InChI=1S/C18H25N7/c1-14-12-20-24(13-14)16(3)15(2)19-11-7-10-18-21-22-23-25(18)17-8-5-4-6-9-17/h4-6,8-9,12-13,15-16,19H,7,10-11H2,1-3H3/t15-,16+/m0/s1. The predicted octanol–water partition coefficient (Wildman–Crippen LogP) is 2.34. The molecule has 0 bridgehead atoms. The van der Waals surface area contributed by atoms with Gasteiger partial charge in [-0.3, -0.25) is 4.68 Å². The molecule has 1 N–H and O–H groups in total. The summed E-state index contributed by atoms with van der Waals surface area (Å²) in [4.78, 5) is 0. The van der Waals surface area contributed by atoms with E-state index >= 15 is 0 Å². The molecule has 1 aromatic carbocycles. The van der Waals surface area contributed by atoms with Crippen molar-refractivity contribution < 1.29 is 0 Å². The lowest BCUT2D eigenvalue weighted by Crippen LogP contribution is -2.34. The van der Waals surface area contributed by atoms with Gasteiger partial charge in [0.2, 0.25) is 0 Å². The molecule has 0 aliphatic rings. The van der Waals surface area contributed by atoms with Crippen molar-refractivity contribution in [2.24, 2.45) is 0 Å². The number of rotatable bonds is 8. The minimum absolute atomic E-state index is 0.309. The molecule has 25 heavy (non-hydrogen) atoms. The highest BCUT2D eigenvalue weighted by Crippen LogP contribution is 2.11. The van der Waals surface area contributed by atoms with E-state index in [1.807, 2.05) is 41.2 Å². The Morgan fingerprint density at radius 2 is 1.96 bits per heavy atom. The zero-order valence-electron chi connectivity index (χ0n) is 15.0. The third-order valence-corrected chi connectivity index (χ3v) is 4.45. The summed E-state index contributed by atoms with van der Waals surface area (Å²) < 4.78 is 3.82. The number of aryl methyl sites for hydroxylation is 2. The Labute approximate surface area is 148 Å². The number of nitrogens with one attached hydrogen (secondary N) is 1. The van der Waals surface area contributed by atoms with Crippen molar-refractivity contribution in [3.05, 3.63) is 54.1 Å². The van der Waals surface area contributed by atoms with E-state index in [1.54, 1.807) is 4.68 Å². The maximum absolute atomic E-state index is 4.40. The average molecular weight is 339 g/mol. The van der Waals surface area contributed by atoms with Crippen LogP contribution in [0.5, 0.6) is 0 Å². The van der Waals surface area contributed by atoms with Gasteiger partial charge in [-0.15, -0.1) is 5.10 Å². The first-order chi connectivity index (χ1) is 12.1. The number of hydrogen-bond acceptors (Lipinski definition) is 5. The van der Waals surface area contributed by atoms with Crippen molar-refractivity contribution in [2.45, 2.75) is 45.7 Å². The van der Waals surface area contributed by atoms with Crippen LogP contribution in [0.25, 0.3) is 5.69 Å². The first-order valence-corrected chi connectivity index (χ1v) is 8.72. The smallest absolute Gasteiger partial charge is 0.156 e. The van der Waals surface area contributed by atoms with Crippen LogP contribution in [-0.2, 0) is 6.42 Å². The number of tetrazole rings is 1. The molecule has 0 aliphatic carbocycles. The van der Waals surface area contributed by atoms with Crippen LogP contribution in [0.3, 0.4) is 0 Å². The molecule has 2 aromatic heterocycles. The molecule has 0 fully saturated rings. The number of aromatic nitrogens is 6. The summed E-state index contributed by atoms with van der Waals surface area (Å²) in [6.07, 6.45) is 5.78. The van der Waals surface area contributed by atoms with Crippen LogP contribution >= 0.6 is 0 Å². The van der Waals surface area contributed by atoms with E-state index in [0.29, 0.717) is 12.1 Å². The van der Waals surface area contributed by atoms with Gasteiger partial charge in [0.25, 0.3) is 0 Å². The summed E-state index contributed by atoms with van der Waals surface area (Å²) in [7, 11) is 0. The van der Waals surface area contributed by atoms with Crippen molar-refractivity contribution in [3.8, 4) is 5.69 Å². The zero-order chi connectivity index (χ0) is 17.6. The second kappa shape index (κ2) is 8.02. The Hall–Kier alpha value is -2.54. The van der Waals surface area contributed by atoms with Gasteiger partial charge in [-0.1, -0.05) is 18.2 Å². The third kappa shape index (κ3) is 4.30. The molecule has 0 saturated carbocycles. The lowest BCUT2D eigenvalue weighted by Gasteiger charge is -2.21. The first-order valence-electron chi connectivity index (χ1n) is 8.72. The van der Waals surface area contributed by atoms with Crippen molar-refractivity contribution in [2.75, 3.05) is 6.54 Å². The summed E-state index contributed by atoms with van der Waals surface area (Å²) in [6.45, 7) is 7.34. The summed E-state index contributed by atoms with van der Waals surface area (Å²) >= 11 is 0. The molecular weight excluding hydrogens is 314 g/mol. The van der Waals surface area contributed by atoms with E-state index in [2.05, 4.69) is 52.9 Å². The molecule has 0 aliphatic heterocycles. The number of para-hydroxylation sites is 1. The SMILES string of the molecule is Cc1cnn([C@H](C)[C@H](C)NCCCc2nnnn2-c2ccccc2)c1. The first kappa shape index (κ1) is 17.3. The van der Waals surface area contributed by atoms with Crippen molar-refractivity contribution in [3.63, 3.8) is 0 Å². The Balaban J connectivity index is 1.48. The quantitative estimate of drug-likeness (QED) is 0.638. The summed E-state index contributed by atoms with van der Waals surface area (Å²) in [6, 6.07) is 10.6. The van der Waals surface area contributed by atoms with E-state index in [0.717, 1.165) is 30.9 Å². The molecule has 2 heterocycles. The second-order valence-corrected chi connectivity index (χ2v) is 6.43.